The van der Waals surface area contributed by atoms with Crippen molar-refractivity contribution in [2.75, 3.05) is 19.7 Å². The molecule has 0 amide bonds. The summed E-state index contributed by atoms with van der Waals surface area (Å²) in [4.78, 5) is 0. The van der Waals surface area contributed by atoms with E-state index in [1.54, 1.807) is 0 Å². The van der Waals surface area contributed by atoms with E-state index in [2.05, 4.69) is 5.32 Å². The predicted octanol–water partition coefficient (Wildman–Crippen LogP) is 1.68. The van der Waals surface area contributed by atoms with Crippen LogP contribution in [0.5, 0.6) is 0 Å². The third kappa shape index (κ3) is 1.81. The summed E-state index contributed by atoms with van der Waals surface area (Å²) >= 11 is 0. The molecule has 2 nitrogen and oxygen atoms in total. The van der Waals surface area contributed by atoms with Crippen molar-refractivity contribution < 1.29 is 4.74 Å². The van der Waals surface area contributed by atoms with E-state index in [-0.39, 0.29) is 0 Å². The molecule has 2 rings (SSSR count). The molecule has 0 aliphatic carbocycles. The van der Waals surface area contributed by atoms with Gasteiger partial charge in [-0.2, -0.15) is 0 Å². The van der Waals surface area contributed by atoms with Crippen molar-refractivity contribution in [2.24, 2.45) is 5.92 Å². The van der Waals surface area contributed by atoms with Crippen molar-refractivity contribution >= 4 is 0 Å². The van der Waals surface area contributed by atoms with Gasteiger partial charge in [-0.05, 0) is 43.7 Å². The number of ether oxygens (including phenoxy) is 1. The van der Waals surface area contributed by atoms with Crippen LogP contribution in [0.1, 0.15) is 25.7 Å². The second kappa shape index (κ2) is 3.94. The zero-order valence-electron chi connectivity index (χ0n) is 7.51. The van der Waals surface area contributed by atoms with Crippen LogP contribution in [0.15, 0.2) is 11.8 Å². The molecule has 1 N–H and O–H groups in total. The molecule has 0 aromatic heterocycles. The van der Waals surface area contributed by atoms with Crippen molar-refractivity contribution in [1.29, 1.82) is 0 Å². The van der Waals surface area contributed by atoms with Crippen molar-refractivity contribution in [3.8, 4) is 0 Å². The summed E-state index contributed by atoms with van der Waals surface area (Å²) in [5.74, 6) is 0.763. The number of hydrogen-bond acceptors (Lipinski definition) is 2. The third-order valence-corrected chi connectivity index (χ3v) is 2.78. The molecule has 0 bridgehead atoms. The SMILES string of the molecule is C1=C(C2CCCNC2)CCCO1. The van der Waals surface area contributed by atoms with Crippen LogP contribution < -0.4 is 5.32 Å². The van der Waals surface area contributed by atoms with Crippen molar-refractivity contribution in [1.82, 2.24) is 5.32 Å². The van der Waals surface area contributed by atoms with Crippen molar-refractivity contribution in [3.63, 3.8) is 0 Å². The van der Waals surface area contributed by atoms with E-state index in [4.69, 9.17) is 4.74 Å². The first-order valence-corrected chi connectivity index (χ1v) is 4.98. The fourth-order valence-corrected chi connectivity index (χ4v) is 2.05. The number of rotatable bonds is 1. The van der Waals surface area contributed by atoms with Gasteiger partial charge in [-0.15, -0.1) is 0 Å². The average Bonchev–Trinajstić information content (AvgIpc) is 2.21. The van der Waals surface area contributed by atoms with Gasteiger partial charge in [-0.3, -0.25) is 0 Å². The number of nitrogens with one attached hydrogen (secondary N) is 1. The van der Waals surface area contributed by atoms with Gasteiger partial charge >= 0.3 is 0 Å². The van der Waals surface area contributed by atoms with E-state index in [0.717, 1.165) is 19.1 Å². The van der Waals surface area contributed by atoms with Crippen LogP contribution in [-0.2, 0) is 4.74 Å². The molecule has 0 spiro atoms. The van der Waals surface area contributed by atoms with Crippen LogP contribution in [0.2, 0.25) is 0 Å². The molecule has 2 aliphatic rings. The lowest BCUT2D eigenvalue weighted by Gasteiger charge is -2.27. The fourth-order valence-electron chi connectivity index (χ4n) is 2.05. The lowest BCUT2D eigenvalue weighted by Crippen LogP contribution is -2.31. The van der Waals surface area contributed by atoms with Crippen LogP contribution in [0.25, 0.3) is 0 Å². The monoisotopic (exact) mass is 167 g/mol. The summed E-state index contributed by atoms with van der Waals surface area (Å²) < 4.78 is 5.35. The smallest absolute Gasteiger partial charge is 0.0876 e. The van der Waals surface area contributed by atoms with Gasteiger partial charge in [0.1, 0.15) is 0 Å². The highest BCUT2D eigenvalue weighted by atomic mass is 16.5. The molecule has 2 heteroatoms. The highest BCUT2D eigenvalue weighted by Gasteiger charge is 2.18. The molecule has 1 fully saturated rings. The average molecular weight is 167 g/mol. The van der Waals surface area contributed by atoms with E-state index >= 15 is 0 Å². The van der Waals surface area contributed by atoms with Crippen LogP contribution in [-0.4, -0.2) is 19.7 Å². The normalized spacial score (nSPS) is 30.7. The molecule has 2 heterocycles. The molecule has 68 valence electrons. The number of piperidine rings is 1. The second-order valence-corrected chi connectivity index (χ2v) is 3.71. The predicted molar refractivity (Wildman–Crippen MR) is 48.9 cm³/mol. The topological polar surface area (TPSA) is 21.3 Å². The van der Waals surface area contributed by atoms with E-state index in [0.29, 0.717) is 0 Å². The molecule has 0 aromatic rings. The summed E-state index contributed by atoms with van der Waals surface area (Å²) in [7, 11) is 0. The Morgan fingerprint density at radius 2 is 2.42 bits per heavy atom. The van der Waals surface area contributed by atoms with Crippen LogP contribution in [0.3, 0.4) is 0 Å². The third-order valence-electron chi connectivity index (χ3n) is 2.78. The Morgan fingerprint density at radius 1 is 1.42 bits per heavy atom. The molecule has 1 saturated heterocycles. The van der Waals surface area contributed by atoms with E-state index < -0.39 is 0 Å². The van der Waals surface area contributed by atoms with Crippen LogP contribution >= 0.6 is 0 Å². The molecule has 0 saturated carbocycles. The van der Waals surface area contributed by atoms with Crippen LogP contribution in [0.4, 0.5) is 0 Å². The van der Waals surface area contributed by atoms with E-state index in [1.807, 2.05) is 6.26 Å². The highest BCUT2D eigenvalue weighted by molar-refractivity contribution is 5.07. The van der Waals surface area contributed by atoms with Gasteiger partial charge in [0.25, 0.3) is 0 Å². The minimum atomic E-state index is 0.763. The van der Waals surface area contributed by atoms with Gasteiger partial charge in [0.15, 0.2) is 0 Å². The van der Waals surface area contributed by atoms with E-state index in [9.17, 15) is 0 Å². The molecule has 1 unspecified atom stereocenters. The van der Waals surface area contributed by atoms with Gasteiger partial charge in [-0.25, -0.2) is 0 Å². The Bertz CT molecular complexity index is 171. The zero-order valence-corrected chi connectivity index (χ0v) is 7.51. The lowest BCUT2D eigenvalue weighted by molar-refractivity contribution is 0.214. The molecule has 2 aliphatic heterocycles. The Labute approximate surface area is 74.0 Å². The Kier molecular flexibility index (Phi) is 2.67. The maximum atomic E-state index is 5.35. The van der Waals surface area contributed by atoms with Crippen molar-refractivity contribution in [2.45, 2.75) is 25.7 Å². The largest absolute Gasteiger partial charge is 0.501 e. The quantitative estimate of drug-likeness (QED) is 0.641. The Morgan fingerprint density at radius 3 is 3.08 bits per heavy atom. The summed E-state index contributed by atoms with van der Waals surface area (Å²) in [5, 5.41) is 3.44. The maximum Gasteiger partial charge on any atom is 0.0876 e. The molecule has 1 atom stereocenters. The zero-order chi connectivity index (χ0) is 8.23. The van der Waals surface area contributed by atoms with Gasteiger partial charge in [0, 0.05) is 6.54 Å². The minimum Gasteiger partial charge on any atom is -0.501 e. The van der Waals surface area contributed by atoms with Gasteiger partial charge < -0.3 is 10.1 Å². The second-order valence-electron chi connectivity index (χ2n) is 3.71. The molecule has 0 aromatic carbocycles. The summed E-state index contributed by atoms with van der Waals surface area (Å²) in [6, 6.07) is 0. The summed E-state index contributed by atoms with van der Waals surface area (Å²) in [6.07, 6.45) is 7.14. The molecular weight excluding hydrogens is 150 g/mol. The Balaban J connectivity index is 1.92. The van der Waals surface area contributed by atoms with E-state index in [1.165, 1.54) is 37.8 Å². The Hall–Kier alpha value is -0.500. The van der Waals surface area contributed by atoms with Gasteiger partial charge in [0.2, 0.25) is 0 Å². The standard InChI is InChI=1S/C10H17NO/c1-3-9(7-11-5-1)10-4-2-6-12-8-10/h8-9,11H,1-7H2. The van der Waals surface area contributed by atoms with Crippen molar-refractivity contribution in [3.05, 3.63) is 11.8 Å². The molecule has 12 heavy (non-hydrogen) atoms. The maximum absolute atomic E-state index is 5.35. The molecule has 0 radical (unpaired) electrons. The van der Waals surface area contributed by atoms with Crippen LogP contribution in [0, 0.1) is 5.92 Å². The van der Waals surface area contributed by atoms with Gasteiger partial charge in [-0.1, -0.05) is 0 Å². The lowest BCUT2D eigenvalue weighted by atomic mass is 9.89. The molecular formula is C10H17NO. The highest BCUT2D eigenvalue weighted by Crippen LogP contribution is 2.25. The minimum absolute atomic E-state index is 0.763. The van der Waals surface area contributed by atoms with Gasteiger partial charge in [0.05, 0.1) is 12.9 Å². The number of hydrogen-bond donors (Lipinski definition) is 1. The first kappa shape index (κ1) is 8.11. The first-order chi connectivity index (χ1) is 5.97. The first-order valence-electron chi connectivity index (χ1n) is 4.98. The summed E-state index contributed by atoms with van der Waals surface area (Å²) in [6.45, 7) is 3.28. The fraction of sp³-hybridized carbons (Fsp3) is 0.800. The summed E-state index contributed by atoms with van der Waals surface area (Å²) in [5.41, 5.74) is 1.54.